The Bertz CT molecular complexity index is 624. The number of nitrogens with zero attached hydrogens (tertiary/aromatic N) is 1. The molecule has 120 valence electrons. The normalized spacial score (nSPS) is 11.4. The summed E-state index contributed by atoms with van der Waals surface area (Å²) >= 11 is 1.34. The summed E-state index contributed by atoms with van der Waals surface area (Å²) in [5.41, 5.74) is 5.78. The quantitative estimate of drug-likeness (QED) is 0.842. The molecule has 0 aliphatic rings. The Kier molecular flexibility index (Phi) is 7.23. The van der Waals surface area contributed by atoms with Crippen LogP contribution in [0, 0.1) is 5.82 Å². The molecule has 3 N–H and O–H groups in total. The molecular weight excluding hydrogens is 329 g/mol. The predicted molar refractivity (Wildman–Crippen MR) is 86.1 cm³/mol. The van der Waals surface area contributed by atoms with Gasteiger partial charge in [0.1, 0.15) is 16.8 Å². The van der Waals surface area contributed by atoms with E-state index in [2.05, 4.69) is 10.3 Å². The maximum Gasteiger partial charge on any atom is 0.270 e. The van der Waals surface area contributed by atoms with Gasteiger partial charge in [0, 0.05) is 11.9 Å². The Hall–Kier alpha value is -1.70. The van der Waals surface area contributed by atoms with Crippen molar-refractivity contribution in [1.29, 1.82) is 0 Å². The van der Waals surface area contributed by atoms with Crippen LogP contribution in [-0.2, 0) is 6.54 Å². The van der Waals surface area contributed by atoms with Crippen molar-refractivity contribution < 1.29 is 13.9 Å². The monoisotopic (exact) mass is 345 g/mol. The van der Waals surface area contributed by atoms with Crippen molar-refractivity contribution in [2.45, 2.75) is 19.6 Å². The molecule has 1 unspecified atom stereocenters. The van der Waals surface area contributed by atoms with Crippen molar-refractivity contribution in [1.82, 2.24) is 10.3 Å². The first-order valence-corrected chi connectivity index (χ1v) is 7.32. The van der Waals surface area contributed by atoms with Crippen molar-refractivity contribution in [2.75, 3.05) is 6.54 Å². The number of benzene rings is 1. The van der Waals surface area contributed by atoms with Crippen LogP contribution in [-0.4, -0.2) is 23.5 Å². The molecule has 1 aromatic carbocycles. The Morgan fingerprint density at radius 1 is 1.50 bits per heavy atom. The molecule has 22 heavy (non-hydrogen) atoms. The third kappa shape index (κ3) is 4.94. The van der Waals surface area contributed by atoms with Crippen LogP contribution in [0.2, 0.25) is 0 Å². The number of rotatable bonds is 6. The van der Waals surface area contributed by atoms with Gasteiger partial charge in [-0.1, -0.05) is 12.1 Å². The molecule has 8 heteroatoms. The van der Waals surface area contributed by atoms with Crippen LogP contribution in [0.15, 0.2) is 29.6 Å². The summed E-state index contributed by atoms with van der Waals surface area (Å²) in [5, 5.41) is 5.05. The molecule has 0 saturated heterocycles. The van der Waals surface area contributed by atoms with Gasteiger partial charge in [-0.2, -0.15) is 0 Å². The van der Waals surface area contributed by atoms with Crippen molar-refractivity contribution >= 4 is 29.7 Å². The number of carbonyl (C=O) groups is 1. The van der Waals surface area contributed by atoms with E-state index in [1.54, 1.807) is 30.5 Å². The van der Waals surface area contributed by atoms with E-state index in [1.807, 2.05) is 0 Å². The second-order valence-corrected chi connectivity index (χ2v) is 5.34. The number of hydrogen-bond acceptors (Lipinski definition) is 5. The van der Waals surface area contributed by atoms with Crippen LogP contribution in [0.5, 0.6) is 5.75 Å². The fraction of sp³-hybridized carbons (Fsp3) is 0.286. The topological polar surface area (TPSA) is 77.2 Å². The third-order valence-electron chi connectivity index (χ3n) is 2.67. The van der Waals surface area contributed by atoms with Crippen LogP contribution < -0.4 is 15.8 Å². The van der Waals surface area contributed by atoms with Gasteiger partial charge in [0.2, 0.25) is 0 Å². The van der Waals surface area contributed by atoms with E-state index in [4.69, 9.17) is 10.5 Å². The van der Waals surface area contributed by atoms with Gasteiger partial charge in [0.05, 0.1) is 6.54 Å². The predicted octanol–water partition coefficient (Wildman–Crippen LogP) is 2.36. The number of ether oxygens (including phenoxy) is 1. The molecule has 0 bridgehead atoms. The Morgan fingerprint density at radius 2 is 2.23 bits per heavy atom. The van der Waals surface area contributed by atoms with E-state index in [1.165, 1.54) is 17.4 Å². The summed E-state index contributed by atoms with van der Waals surface area (Å²) < 4.78 is 18.9. The van der Waals surface area contributed by atoms with E-state index in [9.17, 15) is 9.18 Å². The number of nitrogens with two attached hydrogens (primary N) is 1. The highest BCUT2D eigenvalue weighted by Gasteiger charge is 2.13. The van der Waals surface area contributed by atoms with E-state index < -0.39 is 5.82 Å². The van der Waals surface area contributed by atoms with Crippen LogP contribution in [0.4, 0.5) is 4.39 Å². The zero-order valence-electron chi connectivity index (χ0n) is 11.9. The van der Waals surface area contributed by atoms with Crippen molar-refractivity contribution in [3.8, 4) is 5.75 Å². The molecule has 2 aromatic rings. The first-order valence-electron chi connectivity index (χ1n) is 6.44. The highest BCUT2D eigenvalue weighted by Crippen LogP contribution is 2.16. The first kappa shape index (κ1) is 18.3. The van der Waals surface area contributed by atoms with Crippen LogP contribution in [0.1, 0.15) is 22.4 Å². The summed E-state index contributed by atoms with van der Waals surface area (Å²) in [6.45, 7) is 2.31. The average Bonchev–Trinajstić information content (AvgIpc) is 2.96. The number of thiazole rings is 1. The molecule has 2 rings (SSSR count). The van der Waals surface area contributed by atoms with Gasteiger partial charge in [-0.05, 0) is 19.1 Å². The molecule has 1 amide bonds. The van der Waals surface area contributed by atoms with Crippen molar-refractivity contribution in [2.24, 2.45) is 5.73 Å². The summed E-state index contributed by atoms with van der Waals surface area (Å²) in [6.07, 6.45) is -0.363. The first-order chi connectivity index (χ1) is 10.1. The van der Waals surface area contributed by atoms with Crippen LogP contribution >= 0.6 is 23.7 Å². The smallest absolute Gasteiger partial charge is 0.270 e. The van der Waals surface area contributed by atoms with Gasteiger partial charge in [-0.15, -0.1) is 23.7 Å². The summed E-state index contributed by atoms with van der Waals surface area (Å²) in [7, 11) is 0. The van der Waals surface area contributed by atoms with E-state index in [0.29, 0.717) is 17.2 Å². The van der Waals surface area contributed by atoms with E-state index >= 15 is 0 Å². The van der Waals surface area contributed by atoms with Crippen LogP contribution in [0.25, 0.3) is 0 Å². The van der Waals surface area contributed by atoms with Crippen molar-refractivity contribution in [3.63, 3.8) is 0 Å². The van der Waals surface area contributed by atoms with Gasteiger partial charge >= 0.3 is 0 Å². The Balaban J connectivity index is 0.00000242. The third-order valence-corrected chi connectivity index (χ3v) is 3.55. The molecule has 0 radical (unpaired) electrons. The lowest BCUT2D eigenvalue weighted by molar-refractivity contribution is 0.0926. The minimum absolute atomic E-state index is 0. The van der Waals surface area contributed by atoms with Gasteiger partial charge in [0.25, 0.3) is 5.91 Å². The largest absolute Gasteiger partial charge is 0.486 e. The second-order valence-electron chi connectivity index (χ2n) is 4.40. The minimum Gasteiger partial charge on any atom is -0.486 e. The molecular formula is C14H17ClFN3O2S. The zero-order valence-corrected chi connectivity index (χ0v) is 13.5. The molecule has 0 aliphatic heterocycles. The van der Waals surface area contributed by atoms with E-state index in [-0.39, 0.29) is 36.7 Å². The summed E-state index contributed by atoms with van der Waals surface area (Å²) in [5.74, 6) is -0.559. The van der Waals surface area contributed by atoms with Crippen molar-refractivity contribution in [3.05, 3.63) is 46.2 Å². The van der Waals surface area contributed by atoms with Gasteiger partial charge < -0.3 is 15.8 Å². The highest BCUT2D eigenvalue weighted by molar-refractivity contribution is 7.09. The molecule has 0 saturated carbocycles. The summed E-state index contributed by atoms with van der Waals surface area (Å²) in [4.78, 5) is 15.9. The summed E-state index contributed by atoms with van der Waals surface area (Å²) in [6, 6.07) is 6.14. The molecule has 0 aliphatic carbocycles. The second kappa shape index (κ2) is 8.67. The molecule has 0 fully saturated rings. The number of aromatic nitrogens is 1. The zero-order chi connectivity index (χ0) is 15.2. The van der Waals surface area contributed by atoms with E-state index in [0.717, 1.165) is 0 Å². The minimum atomic E-state index is -0.428. The van der Waals surface area contributed by atoms with Crippen LogP contribution in [0.3, 0.4) is 0 Å². The molecule has 5 nitrogen and oxygen atoms in total. The molecule has 1 heterocycles. The number of nitrogens with one attached hydrogen (secondary N) is 1. The molecule has 0 spiro atoms. The Morgan fingerprint density at radius 3 is 2.86 bits per heavy atom. The maximum absolute atomic E-state index is 13.4. The lowest BCUT2D eigenvalue weighted by atomic mass is 10.3. The average molecular weight is 346 g/mol. The number of amides is 1. The molecule has 1 atom stereocenters. The number of halogens is 2. The lowest BCUT2D eigenvalue weighted by Crippen LogP contribution is -2.33. The molecule has 1 aromatic heterocycles. The highest BCUT2D eigenvalue weighted by atomic mass is 35.5. The van der Waals surface area contributed by atoms with Gasteiger partial charge in [-0.25, -0.2) is 9.37 Å². The van der Waals surface area contributed by atoms with Gasteiger partial charge in [-0.3, -0.25) is 4.79 Å². The number of hydrogen-bond donors (Lipinski definition) is 2. The van der Waals surface area contributed by atoms with Gasteiger partial charge in [0.15, 0.2) is 11.6 Å². The Labute approximate surface area is 138 Å². The standard InChI is InChI=1S/C14H16FN3O2S.ClH/c1-9(20-12-5-3-2-4-10(12)15)7-17-14(19)11-8-21-13(6-16)18-11;/h2-5,8-9H,6-7,16H2,1H3,(H,17,19);1H. The lowest BCUT2D eigenvalue weighted by Gasteiger charge is -2.15. The fourth-order valence-corrected chi connectivity index (χ4v) is 2.29. The number of para-hydroxylation sites is 1. The fourth-order valence-electron chi connectivity index (χ4n) is 1.63. The number of carbonyl (C=O) groups excluding carboxylic acids is 1. The maximum atomic E-state index is 13.4. The SMILES string of the molecule is CC(CNC(=O)c1csc(CN)n1)Oc1ccccc1F.Cl.